The predicted molar refractivity (Wildman–Crippen MR) is 82.7 cm³/mol. The number of aromatic nitrogens is 2. The topological polar surface area (TPSA) is 58.4 Å². The Labute approximate surface area is 135 Å². The van der Waals surface area contributed by atoms with Crippen LogP contribution < -0.4 is 0 Å². The molecule has 2 aliphatic rings. The van der Waals surface area contributed by atoms with Crippen LogP contribution in [0, 0.1) is 6.92 Å². The number of amides is 2. The maximum atomic E-state index is 15.0. The Morgan fingerprint density at radius 3 is 2.26 bits per heavy atom. The standard InChI is InChI=1S/C16H23FN4O2/c1-12-11-13(19(2)18-12)14(22)20-9-5-16(17,6-10-20)15(23)21-7-3-4-8-21/h11H,3-10H2,1-2H3. The van der Waals surface area contributed by atoms with E-state index in [2.05, 4.69) is 5.10 Å². The number of halogens is 1. The van der Waals surface area contributed by atoms with E-state index < -0.39 is 11.6 Å². The lowest BCUT2D eigenvalue weighted by Crippen LogP contribution is -2.53. The number of carbonyl (C=O) groups excluding carboxylic acids is 2. The second kappa shape index (κ2) is 5.94. The van der Waals surface area contributed by atoms with Gasteiger partial charge in [-0.05, 0) is 25.8 Å². The van der Waals surface area contributed by atoms with Gasteiger partial charge in [-0.2, -0.15) is 5.10 Å². The monoisotopic (exact) mass is 322 g/mol. The quantitative estimate of drug-likeness (QED) is 0.824. The average Bonchev–Trinajstić information content (AvgIpc) is 3.16. The van der Waals surface area contributed by atoms with E-state index in [0.29, 0.717) is 18.8 Å². The van der Waals surface area contributed by atoms with Gasteiger partial charge < -0.3 is 9.80 Å². The maximum absolute atomic E-state index is 15.0. The summed E-state index contributed by atoms with van der Waals surface area (Å²) in [4.78, 5) is 28.1. The Morgan fingerprint density at radius 1 is 1.13 bits per heavy atom. The first-order valence-electron chi connectivity index (χ1n) is 8.19. The Kier molecular flexibility index (Phi) is 4.12. The molecule has 1 aromatic heterocycles. The molecule has 23 heavy (non-hydrogen) atoms. The van der Waals surface area contributed by atoms with Crippen molar-refractivity contribution in [1.82, 2.24) is 19.6 Å². The number of piperidine rings is 1. The molecule has 0 unspecified atom stereocenters. The van der Waals surface area contributed by atoms with E-state index in [1.807, 2.05) is 6.92 Å². The molecular weight excluding hydrogens is 299 g/mol. The fourth-order valence-corrected chi connectivity index (χ4v) is 3.45. The van der Waals surface area contributed by atoms with Crippen molar-refractivity contribution in [2.75, 3.05) is 26.2 Å². The summed E-state index contributed by atoms with van der Waals surface area (Å²) in [6.45, 7) is 3.66. The molecule has 0 radical (unpaired) electrons. The van der Waals surface area contributed by atoms with Crippen LogP contribution in [0.15, 0.2) is 6.07 Å². The van der Waals surface area contributed by atoms with E-state index in [9.17, 15) is 14.0 Å². The molecule has 0 aromatic carbocycles. The van der Waals surface area contributed by atoms with E-state index in [1.54, 1.807) is 27.6 Å². The fraction of sp³-hybridized carbons (Fsp3) is 0.688. The molecule has 3 rings (SSSR count). The smallest absolute Gasteiger partial charge is 0.272 e. The van der Waals surface area contributed by atoms with Gasteiger partial charge >= 0.3 is 0 Å². The Bertz CT molecular complexity index is 614. The Morgan fingerprint density at radius 2 is 1.74 bits per heavy atom. The summed E-state index contributed by atoms with van der Waals surface area (Å²) in [5.74, 6) is -0.540. The van der Waals surface area contributed by atoms with Crippen LogP contribution in [0.25, 0.3) is 0 Å². The van der Waals surface area contributed by atoms with E-state index in [0.717, 1.165) is 18.5 Å². The predicted octanol–water partition coefficient (Wildman–Crippen LogP) is 1.30. The lowest BCUT2D eigenvalue weighted by molar-refractivity contribution is -0.145. The fourth-order valence-electron chi connectivity index (χ4n) is 3.45. The minimum Gasteiger partial charge on any atom is -0.340 e. The van der Waals surface area contributed by atoms with Crippen LogP contribution in [0.1, 0.15) is 41.9 Å². The van der Waals surface area contributed by atoms with Crippen LogP contribution in [0.2, 0.25) is 0 Å². The van der Waals surface area contributed by atoms with Gasteiger partial charge in [0.2, 0.25) is 0 Å². The van der Waals surface area contributed by atoms with Gasteiger partial charge in [0.15, 0.2) is 5.67 Å². The second-order valence-electron chi connectivity index (χ2n) is 6.55. The van der Waals surface area contributed by atoms with E-state index >= 15 is 0 Å². The number of likely N-dealkylation sites (tertiary alicyclic amines) is 2. The van der Waals surface area contributed by atoms with Crippen molar-refractivity contribution in [3.63, 3.8) is 0 Å². The highest BCUT2D eigenvalue weighted by molar-refractivity contribution is 5.93. The summed E-state index contributed by atoms with van der Waals surface area (Å²) in [5, 5.41) is 4.17. The summed E-state index contributed by atoms with van der Waals surface area (Å²) >= 11 is 0. The lowest BCUT2D eigenvalue weighted by Gasteiger charge is -2.37. The van der Waals surface area contributed by atoms with E-state index in [1.165, 1.54) is 0 Å². The number of hydrogen-bond donors (Lipinski definition) is 0. The summed E-state index contributed by atoms with van der Waals surface area (Å²) in [6.07, 6.45) is 2.05. The van der Waals surface area contributed by atoms with Crippen molar-refractivity contribution < 1.29 is 14.0 Å². The molecular formula is C16H23FN4O2. The molecule has 2 aliphatic heterocycles. The van der Waals surface area contributed by atoms with Crippen molar-refractivity contribution in [2.24, 2.45) is 7.05 Å². The van der Waals surface area contributed by atoms with Crippen molar-refractivity contribution in [3.8, 4) is 0 Å². The molecule has 0 N–H and O–H groups in total. The second-order valence-corrected chi connectivity index (χ2v) is 6.55. The Balaban J connectivity index is 1.64. The van der Waals surface area contributed by atoms with Crippen LogP contribution >= 0.6 is 0 Å². The van der Waals surface area contributed by atoms with Gasteiger partial charge in [-0.3, -0.25) is 14.3 Å². The Hall–Kier alpha value is -1.92. The molecule has 0 spiro atoms. The first kappa shape index (κ1) is 16.0. The van der Waals surface area contributed by atoms with Crippen molar-refractivity contribution in [1.29, 1.82) is 0 Å². The molecule has 7 heteroatoms. The highest BCUT2D eigenvalue weighted by Gasteiger charge is 2.45. The molecule has 0 saturated carbocycles. The van der Waals surface area contributed by atoms with Gasteiger partial charge in [0.05, 0.1) is 5.69 Å². The van der Waals surface area contributed by atoms with Gasteiger partial charge in [0, 0.05) is 46.1 Å². The largest absolute Gasteiger partial charge is 0.340 e. The van der Waals surface area contributed by atoms with Crippen LogP contribution in [0.5, 0.6) is 0 Å². The first-order valence-corrected chi connectivity index (χ1v) is 8.19. The van der Waals surface area contributed by atoms with Gasteiger partial charge in [-0.25, -0.2) is 4.39 Å². The molecule has 1 aromatic rings. The molecule has 2 saturated heterocycles. The summed E-state index contributed by atoms with van der Waals surface area (Å²) < 4.78 is 16.5. The third-order valence-corrected chi connectivity index (χ3v) is 4.84. The van der Waals surface area contributed by atoms with Crippen LogP contribution in [0.4, 0.5) is 4.39 Å². The van der Waals surface area contributed by atoms with E-state index in [-0.39, 0.29) is 31.8 Å². The van der Waals surface area contributed by atoms with Gasteiger partial charge in [0.1, 0.15) is 5.69 Å². The minimum atomic E-state index is -1.82. The van der Waals surface area contributed by atoms with Gasteiger partial charge in [-0.1, -0.05) is 0 Å². The summed E-state index contributed by atoms with van der Waals surface area (Å²) in [5.41, 5.74) is -0.541. The maximum Gasteiger partial charge on any atom is 0.272 e. The number of carbonyl (C=O) groups is 2. The zero-order valence-electron chi connectivity index (χ0n) is 13.7. The van der Waals surface area contributed by atoms with Crippen LogP contribution in [0.3, 0.4) is 0 Å². The van der Waals surface area contributed by atoms with Crippen LogP contribution in [-0.2, 0) is 11.8 Å². The van der Waals surface area contributed by atoms with E-state index in [4.69, 9.17) is 0 Å². The zero-order chi connectivity index (χ0) is 16.6. The number of rotatable bonds is 2. The molecule has 0 aliphatic carbocycles. The molecule has 0 atom stereocenters. The van der Waals surface area contributed by atoms with Gasteiger partial charge in [0.25, 0.3) is 11.8 Å². The molecule has 2 amide bonds. The molecule has 3 heterocycles. The van der Waals surface area contributed by atoms with Crippen molar-refractivity contribution in [2.45, 2.75) is 38.3 Å². The SMILES string of the molecule is Cc1cc(C(=O)N2CCC(F)(C(=O)N3CCCC3)CC2)n(C)n1. The third kappa shape index (κ3) is 2.96. The molecule has 2 fully saturated rings. The number of aryl methyl sites for hydroxylation is 2. The molecule has 6 nitrogen and oxygen atoms in total. The first-order chi connectivity index (χ1) is 10.9. The molecule has 126 valence electrons. The number of alkyl halides is 1. The highest BCUT2D eigenvalue weighted by atomic mass is 19.1. The van der Waals surface area contributed by atoms with Gasteiger partial charge in [-0.15, -0.1) is 0 Å². The van der Waals surface area contributed by atoms with Crippen molar-refractivity contribution >= 4 is 11.8 Å². The third-order valence-electron chi connectivity index (χ3n) is 4.84. The summed E-state index contributed by atoms with van der Waals surface area (Å²) in [6, 6.07) is 1.73. The minimum absolute atomic E-state index is 0.0743. The number of hydrogen-bond acceptors (Lipinski definition) is 3. The zero-order valence-corrected chi connectivity index (χ0v) is 13.7. The van der Waals surface area contributed by atoms with Crippen molar-refractivity contribution in [3.05, 3.63) is 17.5 Å². The van der Waals surface area contributed by atoms with Crippen LogP contribution in [-0.4, -0.2) is 63.2 Å². The lowest BCUT2D eigenvalue weighted by atomic mass is 9.91. The number of nitrogens with zero attached hydrogens (tertiary/aromatic N) is 4. The average molecular weight is 322 g/mol. The summed E-state index contributed by atoms with van der Waals surface area (Å²) in [7, 11) is 1.72. The highest BCUT2D eigenvalue weighted by Crippen LogP contribution is 2.30. The molecule has 0 bridgehead atoms. The normalized spacial score (nSPS) is 20.8.